The van der Waals surface area contributed by atoms with Gasteiger partial charge in [-0.1, -0.05) is 29.0 Å². The summed E-state index contributed by atoms with van der Waals surface area (Å²) in [6.07, 6.45) is 1.06. The molecule has 32 heavy (non-hydrogen) atoms. The zero-order valence-corrected chi connectivity index (χ0v) is 20.2. The van der Waals surface area contributed by atoms with Crippen LogP contribution < -0.4 is 4.90 Å². The molecular formula is C23H28FN3O3S2. The van der Waals surface area contributed by atoms with Crippen molar-refractivity contribution in [3.05, 3.63) is 53.8 Å². The first kappa shape index (κ1) is 24.3. The van der Waals surface area contributed by atoms with E-state index < -0.39 is 9.84 Å². The van der Waals surface area contributed by atoms with Gasteiger partial charge in [0.05, 0.1) is 20.9 Å². The molecule has 0 bridgehead atoms. The van der Waals surface area contributed by atoms with Gasteiger partial charge < -0.3 is 4.90 Å². The van der Waals surface area contributed by atoms with Crippen molar-refractivity contribution in [3.63, 3.8) is 0 Å². The van der Waals surface area contributed by atoms with E-state index in [1.165, 1.54) is 23.5 Å². The van der Waals surface area contributed by atoms with Crippen molar-refractivity contribution >= 4 is 42.4 Å². The van der Waals surface area contributed by atoms with Crippen LogP contribution in [0.1, 0.15) is 24.8 Å². The maximum absolute atomic E-state index is 13.6. The molecule has 0 saturated carbocycles. The Morgan fingerprint density at radius 2 is 1.78 bits per heavy atom. The first-order valence-corrected chi connectivity index (χ1v) is 12.9. The number of carbonyl (C=O) groups is 1. The van der Waals surface area contributed by atoms with Gasteiger partial charge in [0, 0.05) is 13.0 Å². The van der Waals surface area contributed by atoms with Crippen LogP contribution in [0, 0.1) is 12.7 Å². The molecule has 1 heterocycles. The fraction of sp³-hybridized carbons (Fsp3) is 0.391. The molecule has 0 spiro atoms. The third kappa shape index (κ3) is 6.34. The summed E-state index contributed by atoms with van der Waals surface area (Å²) in [5.74, 6) is -0.625. The number of amides is 1. The van der Waals surface area contributed by atoms with Crippen molar-refractivity contribution in [1.29, 1.82) is 0 Å². The van der Waals surface area contributed by atoms with Gasteiger partial charge in [0.15, 0.2) is 15.0 Å². The predicted molar refractivity (Wildman–Crippen MR) is 128 cm³/mol. The van der Waals surface area contributed by atoms with E-state index in [9.17, 15) is 17.6 Å². The number of nitrogens with zero attached hydrogens (tertiary/aromatic N) is 3. The fourth-order valence-electron chi connectivity index (χ4n) is 3.29. The number of carbonyl (C=O) groups excluding carboxylic acids is 1. The van der Waals surface area contributed by atoms with Gasteiger partial charge in [-0.3, -0.25) is 9.69 Å². The Morgan fingerprint density at radius 3 is 2.47 bits per heavy atom. The van der Waals surface area contributed by atoms with Crippen LogP contribution >= 0.6 is 11.3 Å². The molecule has 0 radical (unpaired) electrons. The predicted octanol–water partition coefficient (Wildman–Crippen LogP) is 4.28. The van der Waals surface area contributed by atoms with Crippen LogP contribution in [0.3, 0.4) is 0 Å². The van der Waals surface area contributed by atoms with E-state index in [4.69, 9.17) is 0 Å². The third-order valence-corrected chi connectivity index (χ3v) is 7.90. The number of aryl methyl sites for hydroxylation is 1. The summed E-state index contributed by atoms with van der Waals surface area (Å²) in [6, 6.07) is 11.1. The van der Waals surface area contributed by atoms with Crippen molar-refractivity contribution in [2.75, 3.05) is 37.8 Å². The largest absolute Gasteiger partial charge is 0.309 e. The fourth-order valence-corrected chi connectivity index (χ4v) is 5.63. The van der Waals surface area contributed by atoms with Gasteiger partial charge in [-0.15, -0.1) is 0 Å². The van der Waals surface area contributed by atoms with Crippen LogP contribution in [0.5, 0.6) is 0 Å². The molecule has 0 fully saturated rings. The first-order chi connectivity index (χ1) is 15.2. The lowest BCUT2D eigenvalue weighted by molar-refractivity contribution is -0.118. The summed E-state index contributed by atoms with van der Waals surface area (Å²) >= 11 is 1.27. The summed E-state index contributed by atoms with van der Waals surface area (Å²) < 4.78 is 39.4. The number of rotatable bonds is 10. The van der Waals surface area contributed by atoms with Crippen molar-refractivity contribution in [1.82, 2.24) is 9.88 Å². The van der Waals surface area contributed by atoms with Gasteiger partial charge in [-0.05, 0) is 70.7 Å². The van der Waals surface area contributed by atoms with E-state index >= 15 is 0 Å². The lowest BCUT2D eigenvalue weighted by Gasteiger charge is -2.21. The van der Waals surface area contributed by atoms with Gasteiger partial charge in [-0.2, -0.15) is 0 Å². The van der Waals surface area contributed by atoms with Crippen molar-refractivity contribution in [2.24, 2.45) is 0 Å². The van der Waals surface area contributed by atoms with Crippen molar-refractivity contribution < 1.29 is 17.6 Å². The molecule has 0 aliphatic rings. The number of benzene rings is 2. The summed E-state index contributed by atoms with van der Waals surface area (Å²) in [4.78, 5) is 21.5. The van der Waals surface area contributed by atoms with Crippen LogP contribution in [0.15, 0.2) is 47.4 Å². The second-order valence-corrected chi connectivity index (χ2v) is 11.2. The molecule has 3 aromatic rings. The third-order valence-electron chi connectivity index (χ3n) is 5.04. The highest BCUT2D eigenvalue weighted by Gasteiger charge is 2.21. The van der Waals surface area contributed by atoms with Crippen LogP contribution in [-0.4, -0.2) is 57.1 Å². The molecular weight excluding hydrogens is 449 g/mol. The van der Waals surface area contributed by atoms with Crippen LogP contribution in [0.4, 0.5) is 9.52 Å². The van der Waals surface area contributed by atoms with E-state index in [-0.39, 0.29) is 35.2 Å². The van der Waals surface area contributed by atoms with Gasteiger partial charge in [0.1, 0.15) is 5.82 Å². The smallest absolute Gasteiger partial charge is 0.228 e. The van der Waals surface area contributed by atoms with E-state index in [2.05, 4.69) is 4.98 Å². The highest BCUT2D eigenvalue weighted by molar-refractivity contribution is 7.91. The van der Waals surface area contributed by atoms with Gasteiger partial charge in [-0.25, -0.2) is 17.8 Å². The van der Waals surface area contributed by atoms with E-state index in [1.807, 2.05) is 25.9 Å². The molecule has 172 valence electrons. The SMILES string of the molecule is Cc1ccc(S(=O)(=O)CCCC(=O)N(CCCN(C)C)c2nc3ccc(F)cc3s2)cc1. The van der Waals surface area contributed by atoms with Gasteiger partial charge in [0.2, 0.25) is 5.91 Å². The minimum Gasteiger partial charge on any atom is -0.309 e. The molecule has 0 saturated heterocycles. The summed E-state index contributed by atoms with van der Waals surface area (Å²) in [5, 5.41) is 0.510. The van der Waals surface area contributed by atoms with Gasteiger partial charge >= 0.3 is 0 Å². The zero-order chi connectivity index (χ0) is 23.3. The Balaban J connectivity index is 1.70. The van der Waals surface area contributed by atoms with E-state index in [0.717, 1.165) is 18.5 Å². The Hall–Kier alpha value is -2.36. The lowest BCUT2D eigenvalue weighted by atomic mass is 10.2. The summed E-state index contributed by atoms with van der Waals surface area (Å²) in [5.41, 5.74) is 1.63. The van der Waals surface area contributed by atoms with E-state index in [0.29, 0.717) is 21.9 Å². The van der Waals surface area contributed by atoms with Crippen LogP contribution in [-0.2, 0) is 14.6 Å². The minimum absolute atomic E-state index is 0.0946. The number of sulfone groups is 1. The van der Waals surface area contributed by atoms with Crippen molar-refractivity contribution in [2.45, 2.75) is 31.1 Å². The average molecular weight is 478 g/mol. The molecule has 0 aliphatic heterocycles. The molecule has 6 nitrogen and oxygen atoms in total. The lowest BCUT2D eigenvalue weighted by Crippen LogP contribution is -2.33. The number of aromatic nitrogens is 1. The number of thiazole rings is 1. The Bertz CT molecular complexity index is 1170. The highest BCUT2D eigenvalue weighted by atomic mass is 32.2. The standard InChI is InChI=1S/C23H28FN3O3S2/c1-17-7-10-19(11-8-17)32(29,30)15-4-6-22(28)27(14-5-13-26(2)3)23-25-20-12-9-18(24)16-21(20)31-23/h7-12,16H,4-6,13-15H2,1-3H3. The Kier molecular flexibility index (Phi) is 7.97. The molecule has 9 heteroatoms. The summed E-state index contributed by atoms with van der Waals surface area (Å²) in [7, 11) is 0.473. The van der Waals surface area contributed by atoms with Crippen LogP contribution in [0.25, 0.3) is 10.2 Å². The normalized spacial score (nSPS) is 11.9. The molecule has 1 aromatic heterocycles. The number of hydrogen-bond acceptors (Lipinski definition) is 6. The molecule has 3 rings (SSSR count). The number of anilines is 1. The number of halogens is 1. The molecule has 0 unspecified atom stereocenters. The first-order valence-electron chi connectivity index (χ1n) is 10.5. The number of fused-ring (bicyclic) bond motifs is 1. The van der Waals surface area contributed by atoms with Crippen LogP contribution in [0.2, 0.25) is 0 Å². The maximum Gasteiger partial charge on any atom is 0.228 e. The monoisotopic (exact) mass is 477 g/mol. The molecule has 0 N–H and O–H groups in total. The topological polar surface area (TPSA) is 70.6 Å². The average Bonchev–Trinajstić information content (AvgIpc) is 3.13. The number of hydrogen-bond donors (Lipinski definition) is 0. The van der Waals surface area contributed by atoms with Crippen molar-refractivity contribution in [3.8, 4) is 0 Å². The molecule has 0 atom stereocenters. The minimum atomic E-state index is -3.45. The Labute approximate surface area is 192 Å². The maximum atomic E-state index is 13.6. The second-order valence-electron chi connectivity index (χ2n) is 8.05. The quantitative estimate of drug-likeness (QED) is 0.436. The van der Waals surface area contributed by atoms with E-state index in [1.54, 1.807) is 35.2 Å². The second kappa shape index (κ2) is 10.5. The highest BCUT2D eigenvalue weighted by Crippen LogP contribution is 2.30. The molecule has 2 aromatic carbocycles. The molecule has 1 amide bonds. The Morgan fingerprint density at radius 1 is 1.06 bits per heavy atom. The molecule has 0 aliphatic carbocycles. The zero-order valence-electron chi connectivity index (χ0n) is 18.5. The summed E-state index contributed by atoms with van der Waals surface area (Å²) in [6.45, 7) is 3.16. The van der Waals surface area contributed by atoms with Gasteiger partial charge in [0.25, 0.3) is 0 Å².